The van der Waals surface area contributed by atoms with Crippen LogP contribution in [0.15, 0.2) is 106 Å². The minimum Gasteiger partial charge on any atom is -0.506 e. The monoisotopic (exact) mass is 1140 g/mol. The van der Waals surface area contributed by atoms with Gasteiger partial charge in [0.2, 0.25) is 23.5 Å². The zero-order chi connectivity index (χ0) is 62.2. The summed E-state index contributed by atoms with van der Waals surface area (Å²) >= 11 is 0. The second kappa shape index (κ2) is 27.7. The smallest absolute Gasteiger partial charge is 0.282 e. The minimum atomic E-state index is -0.800. The number of nitro benzene ring substituents is 3. The lowest BCUT2D eigenvalue weighted by Crippen LogP contribution is -2.22. The molecule has 3 aromatic carbocycles. The number of nitro groups is 3. The lowest BCUT2D eigenvalue weighted by molar-refractivity contribution is -0.385. The number of nitriles is 3. The molecule has 3 heterocycles. The number of carbonyl (C=O) groups excluding carboxylic acids is 1. The van der Waals surface area contributed by atoms with Crippen LogP contribution in [-0.4, -0.2) is 65.0 Å². The first kappa shape index (κ1) is 63.1. The Morgan fingerprint density at radius 2 is 1.02 bits per heavy atom. The molecule has 0 unspecified atom stereocenters. The van der Waals surface area contributed by atoms with Gasteiger partial charge in [-0.15, -0.1) is 43.7 Å². The molecular weight excluding hydrogens is 1090 g/mol. The minimum absolute atomic E-state index is 0.0527. The first-order valence-corrected chi connectivity index (χ1v) is 23.4. The molecule has 424 valence electrons. The largest absolute Gasteiger partial charge is 0.506 e. The predicted octanol–water partition coefficient (Wildman–Crippen LogP) is 8.87. The standard InChI is InChI=1S/C19H20N6O6.C16H13N5O5.C16H11N5O5/c1-4-5-6-24-18(28)13(9-20)10(2)16(19(24)29)23-22-15-8-12(25(30)31)7-14(17(15)27)21-11(3)26;2*1-3-6-20-15(23)11(8-17)9(2)14(16(20)24)19-18-12-7-10(21(25)26)4-5-13(12)22/h7-8,27-28H,4-6H2,1-3H3,(H,21,26);3-5,7,22-23H,1,6H2,2H3;1,4-5,7,22-23H,6H2,2H3. The van der Waals surface area contributed by atoms with Crippen LogP contribution in [0.25, 0.3) is 0 Å². The Morgan fingerprint density at radius 1 is 0.639 bits per heavy atom. The molecule has 6 rings (SSSR count). The number of pyridine rings is 3. The van der Waals surface area contributed by atoms with Gasteiger partial charge in [0.05, 0.1) is 27.0 Å². The molecule has 0 spiro atoms. The van der Waals surface area contributed by atoms with Crippen molar-refractivity contribution < 1.29 is 50.2 Å². The summed E-state index contributed by atoms with van der Waals surface area (Å²) in [6.07, 6.45) is 7.79. The number of nitrogens with one attached hydrogen (secondary N) is 1. The number of hydrogen-bond acceptors (Lipinski definition) is 25. The highest BCUT2D eigenvalue weighted by Crippen LogP contribution is 2.40. The van der Waals surface area contributed by atoms with E-state index in [0.717, 1.165) is 75.6 Å². The number of phenols is 3. The summed E-state index contributed by atoms with van der Waals surface area (Å²) in [6, 6.07) is 13.5. The maximum absolute atomic E-state index is 12.8. The highest BCUT2D eigenvalue weighted by molar-refractivity contribution is 5.92. The van der Waals surface area contributed by atoms with E-state index in [1.807, 2.05) is 13.0 Å². The highest BCUT2D eigenvalue weighted by Gasteiger charge is 2.23. The van der Waals surface area contributed by atoms with E-state index in [4.69, 9.17) is 11.7 Å². The number of unbranched alkanes of at least 4 members (excludes halogenated alkanes) is 1. The number of phenolic OH excluding ortho intramolecular Hbond substituents is 3. The normalized spacial score (nSPS) is 10.6. The molecule has 0 aliphatic rings. The van der Waals surface area contributed by atoms with E-state index in [9.17, 15) is 90.7 Å². The molecule has 83 heavy (non-hydrogen) atoms. The third kappa shape index (κ3) is 14.4. The average molecular weight is 1140 g/mol. The van der Waals surface area contributed by atoms with E-state index in [1.54, 1.807) is 12.1 Å². The molecule has 32 heteroatoms. The topological polar surface area (TPSA) is 491 Å². The molecule has 6 aromatic rings. The van der Waals surface area contributed by atoms with E-state index < -0.39 is 66.4 Å². The van der Waals surface area contributed by atoms with Gasteiger partial charge in [0.25, 0.3) is 33.7 Å². The number of amides is 1. The summed E-state index contributed by atoms with van der Waals surface area (Å²) in [4.78, 5) is 79.7. The van der Waals surface area contributed by atoms with Crippen LogP contribution >= 0.6 is 0 Å². The number of rotatable bonds is 16. The molecule has 0 radical (unpaired) electrons. The number of hydrogen-bond donors (Lipinski definition) is 7. The van der Waals surface area contributed by atoms with Gasteiger partial charge in [-0.1, -0.05) is 25.3 Å². The van der Waals surface area contributed by atoms with Gasteiger partial charge in [0, 0.05) is 73.1 Å². The Morgan fingerprint density at radius 3 is 1.41 bits per heavy atom. The molecule has 32 nitrogen and oxygen atoms in total. The second-order valence-corrected chi connectivity index (χ2v) is 16.7. The van der Waals surface area contributed by atoms with Gasteiger partial charge in [-0.3, -0.25) is 63.2 Å². The fourth-order valence-corrected chi connectivity index (χ4v) is 7.02. The van der Waals surface area contributed by atoms with Gasteiger partial charge in [-0.05, 0) is 39.3 Å². The molecule has 0 saturated heterocycles. The molecular formula is C51H44N16O16. The summed E-state index contributed by atoms with van der Waals surface area (Å²) in [5, 5.41) is 145. The van der Waals surface area contributed by atoms with Crippen molar-refractivity contribution in [3.63, 3.8) is 0 Å². The quantitative estimate of drug-likeness (QED) is 0.0119. The highest BCUT2D eigenvalue weighted by atomic mass is 16.6. The Kier molecular flexibility index (Phi) is 21.1. The summed E-state index contributed by atoms with van der Waals surface area (Å²) in [6.45, 7) is 10.5. The molecule has 1 amide bonds. The number of benzene rings is 3. The van der Waals surface area contributed by atoms with Gasteiger partial charge >= 0.3 is 0 Å². The van der Waals surface area contributed by atoms with Crippen molar-refractivity contribution in [1.29, 1.82) is 15.8 Å². The summed E-state index contributed by atoms with van der Waals surface area (Å²) in [5.74, 6) is -1.35. The maximum Gasteiger partial charge on any atom is 0.282 e. The van der Waals surface area contributed by atoms with Crippen molar-refractivity contribution in [2.24, 2.45) is 30.7 Å². The maximum atomic E-state index is 12.8. The van der Waals surface area contributed by atoms with Gasteiger partial charge in [0.1, 0.15) is 63.5 Å². The number of aromatic nitrogens is 3. The zero-order valence-electron chi connectivity index (χ0n) is 44.0. The lowest BCUT2D eigenvalue weighted by Gasteiger charge is -2.12. The van der Waals surface area contributed by atoms with Gasteiger partial charge in [0.15, 0.2) is 22.8 Å². The average Bonchev–Trinajstić information content (AvgIpc) is 3.20. The molecule has 0 aliphatic heterocycles. The zero-order valence-corrected chi connectivity index (χ0v) is 44.0. The first-order valence-electron chi connectivity index (χ1n) is 23.4. The van der Waals surface area contributed by atoms with E-state index in [-0.39, 0.29) is 116 Å². The third-order valence-electron chi connectivity index (χ3n) is 11.3. The van der Waals surface area contributed by atoms with E-state index >= 15 is 0 Å². The third-order valence-corrected chi connectivity index (χ3v) is 11.3. The van der Waals surface area contributed by atoms with Crippen molar-refractivity contribution in [3.05, 3.63) is 156 Å². The second-order valence-electron chi connectivity index (χ2n) is 16.7. The first-order chi connectivity index (χ1) is 39.2. The van der Waals surface area contributed by atoms with Crippen LogP contribution in [0.2, 0.25) is 0 Å². The summed E-state index contributed by atoms with van der Waals surface area (Å²) in [7, 11) is 0. The molecule has 0 aliphatic carbocycles. The Hall–Kier alpha value is -12.5. The molecule has 3 aromatic heterocycles. The SMILES string of the molecule is C#CCn1c(O)c(C#N)c(C)c(N=Nc2cc([N+](=O)[O-])ccc2O)c1=O.C=CCn1c(O)c(C#N)c(C)c(N=Nc2cc([N+](=O)[O-])ccc2O)c1=O.CCCCn1c(O)c(C#N)c(C)c(N=Nc2cc([N+](=O)[O-])cc(NC(C)=O)c2O)c1=O. The van der Waals surface area contributed by atoms with E-state index in [2.05, 4.69) is 48.5 Å². The van der Waals surface area contributed by atoms with Crippen molar-refractivity contribution in [1.82, 2.24) is 13.7 Å². The Balaban J connectivity index is 0.000000269. The van der Waals surface area contributed by atoms with Crippen LogP contribution in [0.4, 0.5) is 56.9 Å². The number of terminal acetylenes is 1. The molecule has 7 N–H and O–H groups in total. The van der Waals surface area contributed by atoms with Crippen LogP contribution in [0.1, 0.15) is 60.1 Å². The van der Waals surface area contributed by atoms with E-state index in [0.29, 0.717) is 6.42 Å². The number of aromatic hydroxyl groups is 6. The van der Waals surface area contributed by atoms with Gasteiger partial charge in [-0.2, -0.15) is 15.8 Å². The number of azo groups is 3. The van der Waals surface area contributed by atoms with Crippen molar-refractivity contribution >= 4 is 62.8 Å². The van der Waals surface area contributed by atoms with Crippen LogP contribution in [0.5, 0.6) is 34.9 Å². The number of nitrogens with zero attached hydrogens (tertiary/aromatic N) is 15. The Labute approximate surface area is 465 Å². The van der Waals surface area contributed by atoms with Crippen LogP contribution in [-0.2, 0) is 24.4 Å². The fourth-order valence-electron chi connectivity index (χ4n) is 7.02. The molecule has 0 atom stereocenters. The fraction of sp³-hybridized carbons (Fsp3) is 0.196. The van der Waals surface area contributed by atoms with Gasteiger partial charge in [-0.25, -0.2) is 0 Å². The number of allylic oxidation sites excluding steroid dienone is 1. The molecule has 0 bridgehead atoms. The van der Waals surface area contributed by atoms with Gasteiger partial charge < -0.3 is 36.0 Å². The van der Waals surface area contributed by atoms with Crippen molar-refractivity contribution in [2.75, 3.05) is 5.32 Å². The summed E-state index contributed by atoms with van der Waals surface area (Å²) < 4.78 is 2.66. The van der Waals surface area contributed by atoms with Crippen molar-refractivity contribution in [3.8, 4) is 65.4 Å². The number of anilines is 1. The lowest BCUT2D eigenvalue weighted by atomic mass is 10.1. The van der Waals surface area contributed by atoms with Crippen LogP contribution < -0.4 is 22.0 Å². The van der Waals surface area contributed by atoms with Crippen molar-refractivity contribution in [2.45, 2.75) is 67.1 Å². The van der Waals surface area contributed by atoms with E-state index in [1.165, 1.54) is 26.8 Å². The summed E-state index contributed by atoms with van der Waals surface area (Å²) in [5.41, 5.74) is -5.59. The number of non-ortho nitro benzene ring substituents is 3. The number of carbonyl (C=O) groups is 1. The Bertz CT molecular complexity index is 4110. The molecule has 0 saturated carbocycles. The predicted molar refractivity (Wildman–Crippen MR) is 291 cm³/mol. The molecule has 0 fully saturated rings. The van der Waals surface area contributed by atoms with Crippen LogP contribution in [0.3, 0.4) is 0 Å². The van der Waals surface area contributed by atoms with Crippen LogP contribution in [0, 0.1) is 97.5 Å².